The molecule has 0 heterocycles. The average molecular weight is 337 g/mol. The van der Waals surface area contributed by atoms with Crippen LogP contribution in [0.5, 0.6) is 0 Å². The van der Waals surface area contributed by atoms with Gasteiger partial charge in [-0.15, -0.1) is 0 Å². The van der Waals surface area contributed by atoms with Crippen LogP contribution in [0.15, 0.2) is 24.3 Å². The van der Waals surface area contributed by atoms with Gasteiger partial charge in [-0.2, -0.15) is 0 Å². The van der Waals surface area contributed by atoms with E-state index in [2.05, 4.69) is 24.4 Å². The van der Waals surface area contributed by atoms with E-state index >= 15 is 0 Å². The molecule has 1 aromatic carbocycles. The molecule has 0 unspecified atom stereocenters. The monoisotopic (exact) mass is 337 g/mol. The van der Waals surface area contributed by atoms with Gasteiger partial charge in [-0.05, 0) is 50.3 Å². The third-order valence-electron chi connectivity index (χ3n) is 5.49. The minimum absolute atomic E-state index is 0.210. The van der Waals surface area contributed by atoms with E-state index in [1.54, 1.807) is 0 Å². The summed E-state index contributed by atoms with van der Waals surface area (Å²) in [6, 6.07) is 8.70. The first-order valence-electron chi connectivity index (χ1n) is 8.58. The summed E-state index contributed by atoms with van der Waals surface area (Å²) in [5.41, 5.74) is 2.55. The molecule has 1 N–H and O–H groups in total. The van der Waals surface area contributed by atoms with E-state index in [0.717, 1.165) is 24.3 Å². The molecular formula is C18H27NO3S. The fourth-order valence-corrected chi connectivity index (χ4v) is 4.52. The second kappa shape index (κ2) is 6.44. The molecule has 2 aliphatic rings. The van der Waals surface area contributed by atoms with Gasteiger partial charge in [0.1, 0.15) is 9.84 Å². The van der Waals surface area contributed by atoms with Crippen LogP contribution in [-0.4, -0.2) is 39.2 Å². The average Bonchev–Trinajstić information content (AvgIpc) is 2.42. The fraction of sp³-hybridized carbons (Fsp3) is 0.667. The molecule has 0 radical (unpaired) electrons. The zero-order valence-corrected chi connectivity index (χ0v) is 14.9. The maximum atomic E-state index is 11.2. The van der Waals surface area contributed by atoms with Crippen molar-refractivity contribution in [3.05, 3.63) is 29.8 Å². The van der Waals surface area contributed by atoms with E-state index in [9.17, 15) is 8.42 Å². The molecule has 3 rings (SSSR count). The lowest BCUT2D eigenvalue weighted by atomic mass is 9.51. The van der Waals surface area contributed by atoms with Gasteiger partial charge in [0.25, 0.3) is 0 Å². The second-order valence-electron chi connectivity index (χ2n) is 7.04. The summed E-state index contributed by atoms with van der Waals surface area (Å²) in [5.74, 6) is 0.210. The zero-order chi connectivity index (χ0) is 16.5. The molecule has 1 aromatic rings. The highest BCUT2D eigenvalue weighted by Crippen LogP contribution is 2.58. The number of ether oxygens (including phenoxy) is 1. The third kappa shape index (κ3) is 3.56. The highest BCUT2D eigenvalue weighted by Gasteiger charge is 2.58. The zero-order valence-electron chi connectivity index (χ0n) is 14.0. The Hall–Kier alpha value is -1.07. The Labute approximate surface area is 139 Å². The van der Waals surface area contributed by atoms with Gasteiger partial charge in [0.2, 0.25) is 0 Å². The lowest BCUT2D eigenvalue weighted by Crippen LogP contribution is -2.64. The molecule has 2 aliphatic carbocycles. The number of rotatable bonds is 7. The topological polar surface area (TPSA) is 55.4 Å². The molecule has 2 saturated carbocycles. The minimum Gasteiger partial charge on any atom is -0.382 e. The minimum atomic E-state index is -2.90. The Morgan fingerprint density at radius 2 is 1.96 bits per heavy atom. The Kier molecular flexibility index (Phi) is 4.70. The molecule has 0 aliphatic heterocycles. The Morgan fingerprint density at radius 3 is 2.48 bits per heavy atom. The first-order chi connectivity index (χ1) is 10.9. The fourth-order valence-electron chi connectivity index (χ4n) is 3.91. The molecule has 0 bridgehead atoms. The SMILES string of the molecule is CCO[C@H]1C[C@H](Nc2ccc(CCS(C)(=O)=O)cc2)C12CCC2. The molecule has 2 atom stereocenters. The smallest absolute Gasteiger partial charge is 0.147 e. The lowest BCUT2D eigenvalue weighted by molar-refractivity contribution is -0.157. The molecule has 0 amide bonds. The van der Waals surface area contributed by atoms with Crippen LogP contribution in [0.1, 0.15) is 38.2 Å². The number of sulfone groups is 1. The summed E-state index contributed by atoms with van der Waals surface area (Å²) >= 11 is 0. The Morgan fingerprint density at radius 1 is 1.26 bits per heavy atom. The summed E-state index contributed by atoms with van der Waals surface area (Å²) in [6.07, 6.45) is 7.22. The van der Waals surface area contributed by atoms with Gasteiger partial charge in [0.05, 0.1) is 11.9 Å². The van der Waals surface area contributed by atoms with Gasteiger partial charge in [-0.3, -0.25) is 0 Å². The van der Waals surface area contributed by atoms with E-state index in [-0.39, 0.29) is 5.75 Å². The van der Waals surface area contributed by atoms with Crippen molar-refractivity contribution < 1.29 is 13.2 Å². The van der Waals surface area contributed by atoms with E-state index in [4.69, 9.17) is 4.74 Å². The Balaban J connectivity index is 1.57. The molecule has 128 valence electrons. The van der Waals surface area contributed by atoms with Crippen molar-refractivity contribution in [2.24, 2.45) is 5.41 Å². The number of anilines is 1. The van der Waals surface area contributed by atoms with Crippen LogP contribution in [0, 0.1) is 5.41 Å². The van der Waals surface area contributed by atoms with Crippen molar-refractivity contribution in [2.75, 3.05) is 23.9 Å². The first kappa shape index (κ1) is 16.8. The number of benzene rings is 1. The maximum Gasteiger partial charge on any atom is 0.147 e. The number of hydrogen-bond donors (Lipinski definition) is 1. The van der Waals surface area contributed by atoms with Crippen molar-refractivity contribution in [3.8, 4) is 0 Å². The molecule has 0 saturated heterocycles. The van der Waals surface area contributed by atoms with Crippen molar-refractivity contribution in [1.82, 2.24) is 0 Å². The highest BCUT2D eigenvalue weighted by molar-refractivity contribution is 7.90. The van der Waals surface area contributed by atoms with Crippen molar-refractivity contribution in [1.29, 1.82) is 0 Å². The maximum absolute atomic E-state index is 11.2. The van der Waals surface area contributed by atoms with Crippen LogP contribution in [0.25, 0.3) is 0 Å². The second-order valence-corrected chi connectivity index (χ2v) is 9.30. The van der Waals surface area contributed by atoms with Crippen LogP contribution in [0.2, 0.25) is 0 Å². The summed E-state index contributed by atoms with van der Waals surface area (Å²) in [4.78, 5) is 0. The number of hydrogen-bond acceptors (Lipinski definition) is 4. The first-order valence-corrected chi connectivity index (χ1v) is 10.6. The van der Waals surface area contributed by atoms with Gasteiger partial charge in [-0.1, -0.05) is 18.6 Å². The van der Waals surface area contributed by atoms with Crippen LogP contribution in [-0.2, 0) is 21.0 Å². The van der Waals surface area contributed by atoms with Gasteiger partial charge < -0.3 is 10.1 Å². The molecule has 4 nitrogen and oxygen atoms in total. The molecular weight excluding hydrogens is 310 g/mol. The van der Waals surface area contributed by atoms with Crippen molar-refractivity contribution in [3.63, 3.8) is 0 Å². The highest BCUT2D eigenvalue weighted by atomic mass is 32.2. The van der Waals surface area contributed by atoms with Gasteiger partial charge >= 0.3 is 0 Å². The van der Waals surface area contributed by atoms with Gasteiger partial charge in [-0.25, -0.2) is 8.42 Å². The predicted octanol–water partition coefficient (Wildman–Crippen LogP) is 3.03. The standard InChI is InChI=1S/C18H27NO3S/c1-3-22-17-13-16(18(17)10-4-11-18)19-15-7-5-14(6-8-15)9-12-23(2,20)21/h5-8,16-17,19H,3-4,9-13H2,1-2H3/t16-,17-/m0/s1. The van der Waals surface area contributed by atoms with E-state index in [1.165, 1.54) is 25.5 Å². The van der Waals surface area contributed by atoms with Crippen LogP contribution < -0.4 is 5.32 Å². The summed E-state index contributed by atoms with van der Waals surface area (Å²) in [7, 11) is -2.90. The number of nitrogens with one attached hydrogen (secondary N) is 1. The van der Waals surface area contributed by atoms with E-state index in [1.807, 2.05) is 12.1 Å². The lowest BCUT2D eigenvalue weighted by Gasteiger charge is -2.61. The van der Waals surface area contributed by atoms with Crippen molar-refractivity contribution in [2.45, 2.75) is 51.2 Å². The summed E-state index contributed by atoms with van der Waals surface area (Å²) < 4.78 is 28.4. The molecule has 2 fully saturated rings. The summed E-state index contributed by atoms with van der Waals surface area (Å²) in [5, 5.41) is 3.66. The predicted molar refractivity (Wildman–Crippen MR) is 93.6 cm³/mol. The normalized spacial score (nSPS) is 25.7. The van der Waals surface area contributed by atoms with Crippen LogP contribution >= 0.6 is 0 Å². The summed E-state index contributed by atoms with van der Waals surface area (Å²) in [6.45, 7) is 2.87. The largest absolute Gasteiger partial charge is 0.382 e. The van der Waals surface area contributed by atoms with Crippen LogP contribution in [0.3, 0.4) is 0 Å². The molecule has 5 heteroatoms. The van der Waals surface area contributed by atoms with Crippen molar-refractivity contribution >= 4 is 15.5 Å². The van der Waals surface area contributed by atoms with Crippen LogP contribution in [0.4, 0.5) is 5.69 Å². The van der Waals surface area contributed by atoms with Gasteiger partial charge in [0.15, 0.2) is 0 Å². The quantitative estimate of drug-likeness (QED) is 0.831. The van der Waals surface area contributed by atoms with Gasteiger partial charge in [0, 0.05) is 30.0 Å². The molecule has 0 aromatic heterocycles. The third-order valence-corrected chi connectivity index (χ3v) is 6.44. The number of aryl methyl sites for hydroxylation is 1. The molecule has 23 heavy (non-hydrogen) atoms. The van der Waals surface area contributed by atoms with E-state index in [0.29, 0.717) is 24.0 Å². The Bertz CT molecular complexity index is 635. The van der Waals surface area contributed by atoms with E-state index < -0.39 is 9.84 Å². The molecule has 1 spiro atoms.